The first-order chi connectivity index (χ1) is 8.29. The van der Waals surface area contributed by atoms with Crippen molar-refractivity contribution in [1.29, 1.82) is 0 Å². The highest BCUT2D eigenvalue weighted by atomic mass is 16.5. The zero-order valence-corrected chi connectivity index (χ0v) is 10.1. The minimum Gasteiger partial charge on any atom is -0.490 e. The third kappa shape index (κ3) is 1.71. The Morgan fingerprint density at radius 3 is 2.88 bits per heavy atom. The minimum atomic E-state index is 0.409. The Kier molecular flexibility index (Phi) is 2.56. The number of benzene rings is 1. The van der Waals surface area contributed by atoms with Gasteiger partial charge in [0.1, 0.15) is 5.75 Å². The molecule has 3 rings (SSSR count). The van der Waals surface area contributed by atoms with Crippen molar-refractivity contribution in [2.24, 2.45) is 12.8 Å². The maximum Gasteiger partial charge on any atom is 0.129 e. The van der Waals surface area contributed by atoms with Gasteiger partial charge in [0.05, 0.1) is 11.6 Å². The lowest BCUT2D eigenvalue weighted by atomic mass is 9.96. The Morgan fingerprint density at radius 1 is 1.41 bits per heavy atom. The van der Waals surface area contributed by atoms with E-state index in [2.05, 4.69) is 36.0 Å². The van der Waals surface area contributed by atoms with Gasteiger partial charge in [-0.1, -0.05) is 6.07 Å². The van der Waals surface area contributed by atoms with Crippen LogP contribution in [0.4, 0.5) is 0 Å². The monoisotopic (exact) mass is 230 g/mol. The largest absolute Gasteiger partial charge is 0.490 e. The number of hydrogen-bond donors (Lipinski definition) is 1. The van der Waals surface area contributed by atoms with E-state index in [0.717, 1.165) is 11.3 Å². The van der Waals surface area contributed by atoms with Crippen LogP contribution >= 0.6 is 0 Å². The molecule has 0 atom stereocenters. The zero-order chi connectivity index (χ0) is 11.8. The van der Waals surface area contributed by atoms with Crippen LogP contribution in [0.5, 0.6) is 5.75 Å². The van der Waals surface area contributed by atoms with Gasteiger partial charge in [-0.05, 0) is 37.0 Å². The summed E-state index contributed by atoms with van der Waals surface area (Å²) in [5.41, 5.74) is 8.17. The molecule has 0 aliphatic heterocycles. The van der Waals surface area contributed by atoms with Crippen molar-refractivity contribution < 1.29 is 4.74 Å². The number of ether oxygens (including phenoxy) is 1. The average molecular weight is 230 g/mol. The summed E-state index contributed by atoms with van der Waals surface area (Å²) in [7, 11) is 2.05. The van der Waals surface area contributed by atoms with Crippen LogP contribution in [0.15, 0.2) is 24.4 Å². The number of rotatable bonds is 3. The molecule has 3 heteroatoms. The summed E-state index contributed by atoms with van der Waals surface area (Å²) in [5, 5.41) is 1.18. The number of aryl methyl sites for hydroxylation is 1. The predicted octanol–water partition coefficient (Wildman–Crippen LogP) is 2.57. The maximum absolute atomic E-state index is 6.05. The van der Waals surface area contributed by atoms with E-state index in [1.54, 1.807) is 0 Å². The number of hydrogen-bond acceptors (Lipinski definition) is 2. The molecular formula is C14H18N2O. The van der Waals surface area contributed by atoms with Crippen LogP contribution in [0.25, 0.3) is 10.9 Å². The van der Waals surface area contributed by atoms with Crippen LogP contribution < -0.4 is 10.5 Å². The second kappa shape index (κ2) is 4.08. The van der Waals surface area contributed by atoms with Gasteiger partial charge < -0.3 is 15.0 Å². The fourth-order valence-electron chi connectivity index (χ4n) is 2.43. The second-order valence-electron chi connectivity index (χ2n) is 4.79. The molecular weight excluding hydrogens is 212 g/mol. The molecule has 1 aliphatic rings. The summed E-state index contributed by atoms with van der Waals surface area (Å²) in [4.78, 5) is 0. The van der Waals surface area contributed by atoms with Gasteiger partial charge in [0.15, 0.2) is 0 Å². The predicted molar refractivity (Wildman–Crippen MR) is 69.1 cm³/mol. The lowest BCUT2D eigenvalue weighted by molar-refractivity contribution is 0.122. The first-order valence-electron chi connectivity index (χ1n) is 6.23. The Bertz CT molecular complexity index is 540. The van der Waals surface area contributed by atoms with E-state index in [4.69, 9.17) is 10.5 Å². The van der Waals surface area contributed by atoms with Crippen molar-refractivity contribution in [3.63, 3.8) is 0 Å². The standard InChI is InChI=1S/C14H18N2O/c1-16-9-10(8-15)14-12(16)6-3-7-13(14)17-11-4-2-5-11/h3,6-7,9,11H,2,4-5,8,15H2,1H3. The Hall–Kier alpha value is -1.48. The van der Waals surface area contributed by atoms with Gasteiger partial charge in [-0.25, -0.2) is 0 Å². The third-order valence-electron chi connectivity index (χ3n) is 3.62. The molecule has 90 valence electrons. The van der Waals surface area contributed by atoms with Crippen LogP contribution in [0.1, 0.15) is 24.8 Å². The molecule has 1 fully saturated rings. The lowest BCUT2D eigenvalue weighted by Gasteiger charge is -2.26. The van der Waals surface area contributed by atoms with E-state index in [1.807, 2.05) is 0 Å². The third-order valence-corrected chi connectivity index (χ3v) is 3.62. The van der Waals surface area contributed by atoms with Crippen molar-refractivity contribution in [2.75, 3.05) is 0 Å². The molecule has 1 aromatic heterocycles. The van der Waals surface area contributed by atoms with Gasteiger partial charge in [0.25, 0.3) is 0 Å². The quantitative estimate of drug-likeness (QED) is 0.880. The van der Waals surface area contributed by atoms with E-state index in [1.165, 1.54) is 30.2 Å². The molecule has 2 aromatic rings. The van der Waals surface area contributed by atoms with Crippen molar-refractivity contribution in [1.82, 2.24) is 4.57 Å². The Morgan fingerprint density at radius 2 is 2.24 bits per heavy atom. The summed E-state index contributed by atoms with van der Waals surface area (Å²) in [6.45, 7) is 0.558. The smallest absolute Gasteiger partial charge is 0.129 e. The van der Waals surface area contributed by atoms with Gasteiger partial charge in [0, 0.05) is 25.2 Å². The van der Waals surface area contributed by atoms with E-state index >= 15 is 0 Å². The van der Waals surface area contributed by atoms with Crippen LogP contribution in [-0.4, -0.2) is 10.7 Å². The Balaban J connectivity index is 2.09. The molecule has 2 N–H and O–H groups in total. The fraction of sp³-hybridized carbons (Fsp3) is 0.429. The van der Waals surface area contributed by atoms with Gasteiger partial charge in [-0.2, -0.15) is 0 Å². The van der Waals surface area contributed by atoms with Gasteiger partial charge in [0.2, 0.25) is 0 Å². The molecule has 1 saturated carbocycles. The number of nitrogens with two attached hydrogens (primary N) is 1. The van der Waals surface area contributed by atoms with Crippen LogP contribution in [-0.2, 0) is 13.6 Å². The number of nitrogens with zero attached hydrogens (tertiary/aromatic N) is 1. The van der Waals surface area contributed by atoms with Crippen LogP contribution in [0, 0.1) is 0 Å². The summed E-state index contributed by atoms with van der Waals surface area (Å²) < 4.78 is 8.17. The van der Waals surface area contributed by atoms with Crippen molar-refractivity contribution in [3.05, 3.63) is 30.0 Å². The summed E-state index contributed by atoms with van der Waals surface area (Å²) in [6.07, 6.45) is 6.16. The normalized spacial score (nSPS) is 16.1. The van der Waals surface area contributed by atoms with Gasteiger partial charge >= 0.3 is 0 Å². The Labute approximate surface area is 101 Å². The van der Waals surface area contributed by atoms with E-state index in [-0.39, 0.29) is 0 Å². The average Bonchev–Trinajstić information content (AvgIpc) is 2.62. The van der Waals surface area contributed by atoms with E-state index in [9.17, 15) is 0 Å². The molecule has 0 saturated heterocycles. The van der Waals surface area contributed by atoms with E-state index in [0.29, 0.717) is 12.6 Å². The van der Waals surface area contributed by atoms with Crippen molar-refractivity contribution in [2.45, 2.75) is 31.9 Å². The van der Waals surface area contributed by atoms with Gasteiger partial charge in [-0.15, -0.1) is 0 Å². The minimum absolute atomic E-state index is 0.409. The SMILES string of the molecule is Cn1cc(CN)c2c(OC3CCC3)cccc21. The molecule has 1 heterocycles. The first kappa shape index (κ1) is 10.7. The summed E-state index contributed by atoms with van der Waals surface area (Å²) in [6, 6.07) is 6.22. The van der Waals surface area contributed by atoms with Crippen LogP contribution in [0.2, 0.25) is 0 Å². The number of fused-ring (bicyclic) bond motifs is 1. The molecule has 0 spiro atoms. The highest BCUT2D eigenvalue weighted by Gasteiger charge is 2.21. The second-order valence-corrected chi connectivity index (χ2v) is 4.79. The zero-order valence-electron chi connectivity index (χ0n) is 10.1. The topological polar surface area (TPSA) is 40.2 Å². The van der Waals surface area contributed by atoms with Crippen molar-refractivity contribution >= 4 is 10.9 Å². The van der Waals surface area contributed by atoms with E-state index < -0.39 is 0 Å². The summed E-state index contributed by atoms with van der Waals surface area (Å²) >= 11 is 0. The molecule has 1 aromatic carbocycles. The molecule has 17 heavy (non-hydrogen) atoms. The maximum atomic E-state index is 6.05. The molecule has 0 radical (unpaired) electrons. The lowest BCUT2D eigenvalue weighted by Crippen LogP contribution is -2.24. The number of aromatic nitrogens is 1. The molecule has 3 nitrogen and oxygen atoms in total. The molecule has 1 aliphatic carbocycles. The highest BCUT2D eigenvalue weighted by Crippen LogP contribution is 2.33. The molecule has 0 amide bonds. The fourth-order valence-corrected chi connectivity index (χ4v) is 2.43. The summed E-state index contributed by atoms with van der Waals surface area (Å²) in [5.74, 6) is 0.994. The highest BCUT2D eigenvalue weighted by molar-refractivity contribution is 5.90. The molecule has 0 bridgehead atoms. The molecule has 0 unspecified atom stereocenters. The van der Waals surface area contributed by atoms with Crippen molar-refractivity contribution in [3.8, 4) is 5.75 Å². The van der Waals surface area contributed by atoms with Gasteiger partial charge in [-0.3, -0.25) is 0 Å². The van der Waals surface area contributed by atoms with Crippen LogP contribution in [0.3, 0.4) is 0 Å². The first-order valence-corrected chi connectivity index (χ1v) is 6.23.